The molecule has 0 aromatic carbocycles. The maximum atomic E-state index is 5.78. The molecule has 0 saturated carbocycles. The second kappa shape index (κ2) is 3.49. The summed E-state index contributed by atoms with van der Waals surface area (Å²) in [5.41, 5.74) is -0.534. The Labute approximate surface area is 85.3 Å². The van der Waals surface area contributed by atoms with Crippen LogP contribution in [0.1, 0.15) is 6.92 Å². The number of rotatable bonds is 3. The van der Waals surface area contributed by atoms with E-state index in [0.29, 0.717) is 6.61 Å². The van der Waals surface area contributed by atoms with Gasteiger partial charge >= 0.3 is 0 Å². The third kappa shape index (κ3) is 1.16. The summed E-state index contributed by atoms with van der Waals surface area (Å²) in [6.45, 7) is 2.43. The van der Waals surface area contributed by atoms with Crippen LogP contribution >= 0.6 is 0 Å². The van der Waals surface area contributed by atoms with Gasteiger partial charge in [0.05, 0.1) is 12.7 Å². The molecule has 2 aliphatic rings. The van der Waals surface area contributed by atoms with Gasteiger partial charge in [0.15, 0.2) is 0 Å². The number of ether oxygens (including phenoxy) is 4. The summed E-state index contributed by atoms with van der Waals surface area (Å²) in [4.78, 5) is 0. The minimum atomic E-state index is -0.534. The molecule has 0 spiro atoms. The summed E-state index contributed by atoms with van der Waals surface area (Å²) in [5, 5.41) is 0. The van der Waals surface area contributed by atoms with Crippen molar-refractivity contribution in [2.45, 2.75) is 36.8 Å². The molecule has 1 unspecified atom stereocenters. The van der Waals surface area contributed by atoms with Crippen LogP contribution in [-0.2, 0) is 18.9 Å². The molecule has 0 aromatic heterocycles. The van der Waals surface area contributed by atoms with Gasteiger partial charge < -0.3 is 18.9 Å². The van der Waals surface area contributed by atoms with Crippen LogP contribution in [0.4, 0.5) is 0 Å². The molecule has 14 heavy (non-hydrogen) atoms. The van der Waals surface area contributed by atoms with Crippen LogP contribution in [0.2, 0.25) is 0 Å². The lowest BCUT2D eigenvalue weighted by Gasteiger charge is -2.35. The summed E-state index contributed by atoms with van der Waals surface area (Å²) in [6, 6.07) is -0.411. The molecule has 2 fully saturated rings. The predicted molar refractivity (Wildman–Crippen MR) is 50.4 cm³/mol. The fraction of sp³-hybridized carbons (Fsp3) is 1.00. The summed E-state index contributed by atoms with van der Waals surface area (Å²) in [6.07, 6.45) is -0.393. The Bertz CT molecular complexity index is 225. The normalized spacial score (nSPS) is 48.4. The predicted octanol–water partition coefficient (Wildman–Crippen LogP) is -0.301. The monoisotopic (exact) mass is 198 g/mol. The number of methoxy groups -OCH3 is 2. The van der Waals surface area contributed by atoms with Gasteiger partial charge in [0.25, 0.3) is 0 Å². The second-order valence-electron chi connectivity index (χ2n) is 3.85. The Balaban J connectivity index is 2.24. The van der Waals surface area contributed by atoms with Gasteiger partial charge in [0.2, 0.25) is 0 Å². The third-order valence-corrected chi connectivity index (χ3v) is 3.26. The first-order valence-corrected chi connectivity index (χ1v) is 4.76. The van der Waals surface area contributed by atoms with E-state index in [1.54, 1.807) is 14.2 Å². The van der Waals surface area contributed by atoms with E-state index in [-0.39, 0.29) is 18.3 Å². The summed E-state index contributed by atoms with van der Waals surface area (Å²) >= 11 is 0. The van der Waals surface area contributed by atoms with Crippen molar-refractivity contribution in [3.8, 4) is 0 Å². The average Bonchev–Trinajstić information content (AvgIpc) is 2.68. The highest BCUT2D eigenvalue weighted by Gasteiger charge is 2.62. The first kappa shape index (κ1) is 10.4. The van der Waals surface area contributed by atoms with E-state index in [1.807, 2.05) is 6.92 Å². The zero-order chi connectivity index (χ0) is 10.3. The zero-order valence-electron chi connectivity index (χ0n) is 8.73. The Morgan fingerprint density at radius 2 is 2.21 bits per heavy atom. The quantitative estimate of drug-likeness (QED) is 0.583. The molecular weight excluding hydrogens is 183 g/mol. The largest absolute Gasteiger partial charge is 0.379 e. The van der Waals surface area contributed by atoms with E-state index >= 15 is 0 Å². The van der Waals surface area contributed by atoms with Crippen LogP contribution in [0, 0.1) is 0 Å². The lowest BCUT2D eigenvalue weighted by Crippen LogP contribution is -2.51. The maximum Gasteiger partial charge on any atom is 0.145 e. The van der Waals surface area contributed by atoms with Gasteiger partial charge in [0, 0.05) is 20.2 Å². The van der Waals surface area contributed by atoms with Gasteiger partial charge in [-0.1, -0.05) is 0 Å². The van der Waals surface area contributed by atoms with Crippen molar-refractivity contribution in [1.29, 1.82) is 0 Å². The van der Waals surface area contributed by atoms with Crippen LogP contribution in [0.25, 0.3) is 0 Å². The lowest BCUT2D eigenvalue weighted by molar-refractivity contribution is -0.173. The zero-order valence-corrected chi connectivity index (χ0v) is 8.73. The summed E-state index contributed by atoms with van der Waals surface area (Å²) in [5.74, 6) is 0. The summed E-state index contributed by atoms with van der Waals surface area (Å²) < 4.78 is 21.9. The topological polar surface area (TPSA) is 36.9 Å². The minimum Gasteiger partial charge on any atom is -0.379 e. The Morgan fingerprint density at radius 3 is 2.71 bits per heavy atom. The molecule has 2 radical (unpaired) electrons. The molecule has 0 aliphatic carbocycles. The van der Waals surface area contributed by atoms with Crippen molar-refractivity contribution in [3.05, 3.63) is 0 Å². The van der Waals surface area contributed by atoms with Gasteiger partial charge in [-0.25, -0.2) is 0 Å². The van der Waals surface area contributed by atoms with E-state index in [0.717, 1.165) is 0 Å². The smallest absolute Gasteiger partial charge is 0.145 e. The summed E-state index contributed by atoms with van der Waals surface area (Å²) in [7, 11) is 9.07. The number of hydrogen-bond donors (Lipinski definition) is 0. The Morgan fingerprint density at radius 1 is 1.50 bits per heavy atom. The number of fused-ring (bicyclic) bond motifs is 2. The van der Waals surface area contributed by atoms with E-state index in [9.17, 15) is 0 Å². The molecule has 4 nitrogen and oxygen atoms in total. The average molecular weight is 198 g/mol. The van der Waals surface area contributed by atoms with E-state index in [4.69, 9.17) is 26.8 Å². The van der Waals surface area contributed by atoms with Crippen LogP contribution in [0.15, 0.2) is 0 Å². The van der Waals surface area contributed by atoms with Crippen molar-refractivity contribution in [2.75, 3.05) is 20.8 Å². The SMILES string of the molecule is [B][C@@H]1O[C@@]2([C@H](C)OC)CO[C@H]1C2OC. The molecule has 5 heteroatoms. The third-order valence-electron chi connectivity index (χ3n) is 3.26. The van der Waals surface area contributed by atoms with Crippen LogP contribution < -0.4 is 0 Å². The Kier molecular flexibility index (Phi) is 2.60. The molecular formula is C9H15BO4. The molecule has 0 N–H and O–H groups in total. The maximum absolute atomic E-state index is 5.78. The van der Waals surface area contributed by atoms with Gasteiger partial charge in [-0.3, -0.25) is 0 Å². The molecule has 5 atom stereocenters. The van der Waals surface area contributed by atoms with Crippen molar-refractivity contribution in [2.24, 2.45) is 0 Å². The molecule has 2 rings (SSSR count). The van der Waals surface area contributed by atoms with E-state index < -0.39 is 11.6 Å². The molecule has 2 bridgehead atoms. The van der Waals surface area contributed by atoms with Crippen molar-refractivity contribution in [1.82, 2.24) is 0 Å². The standard InChI is InChI=1S/C9H15BO4/c1-5(11-2)9-4-13-6(7(9)12-3)8(10)14-9/h5-8H,4H2,1-3H3/t5-,6-,7?,8+,9+/m0/s1. The van der Waals surface area contributed by atoms with Crippen molar-refractivity contribution >= 4 is 7.85 Å². The molecule has 2 saturated heterocycles. The highest BCUT2D eigenvalue weighted by molar-refractivity contribution is 6.11. The molecule has 2 heterocycles. The molecule has 2 aliphatic heterocycles. The highest BCUT2D eigenvalue weighted by Crippen LogP contribution is 2.43. The second-order valence-corrected chi connectivity index (χ2v) is 3.85. The minimum absolute atomic E-state index is 0.0917. The van der Waals surface area contributed by atoms with Gasteiger partial charge in [-0.05, 0) is 6.92 Å². The van der Waals surface area contributed by atoms with Gasteiger partial charge in [0.1, 0.15) is 25.7 Å². The van der Waals surface area contributed by atoms with Gasteiger partial charge in [-0.15, -0.1) is 0 Å². The van der Waals surface area contributed by atoms with Crippen LogP contribution in [-0.4, -0.2) is 58.6 Å². The molecule has 78 valence electrons. The van der Waals surface area contributed by atoms with Crippen molar-refractivity contribution in [3.63, 3.8) is 0 Å². The Hall–Kier alpha value is -0.0951. The fourth-order valence-corrected chi connectivity index (χ4v) is 2.34. The van der Waals surface area contributed by atoms with E-state index in [2.05, 4.69) is 0 Å². The van der Waals surface area contributed by atoms with E-state index in [1.165, 1.54) is 0 Å². The highest BCUT2D eigenvalue weighted by atomic mass is 16.7. The van der Waals surface area contributed by atoms with Crippen LogP contribution in [0.5, 0.6) is 0 Å². The lowest BCUT2D eigenvalue weighted by atomic mass is 9.89. The fourth-order valence-electron chi connectivity index (χ4n) is 2.34. The molecule has 0 amide bonds. The van der Waals surface area contributed by atoms with Crippen LogP contribution in [0.3, 0.4) is 0 Å². The first-order chi connectivity index (χ1) is 6.65. The molecule has 0 aromatic rings. The number of hydrogen-bond acceptors (Lipinski definition) is 4. The van der Waals surface area contributed by atoms with Crippen molar-refractivity contribution < 1.29 is 18.9 Å². The first-order valence-electron chi connectivity index (χ1n) is 4.76. The van der Waals surface area contributed by atoms with Gasteiger partial charge in [-0.2, -0.15) is 0 Å².